The molecule has 1 atom stereocenters. The third-order valence-corrected chi connectivity index (χ3v) is 4.13. The summed E-state index contributed by atoms with van der Waals surface area (Å²) in [5, 5.41) is 0. The van der Waals surface area contributed by atoms with Crippen molar-refractivity contribution in [3.05, 3.63) is 0 Å². The molecule has 0 aromatic rings. The molecule has 1 aliphatic rings. The fourth-order valence-electron chi connectivity index (χ4n) is 2.46. The summed E-state index contributed by atoms with van der Waals surface area (Å²) in [5.74, 6) is 0.209. The SMILES string of the molecule is CC(C)C(=O)N1CCCC(N(C)C(=O)N(C)C(C)C)C1. The Bertz CT molecular complexity index is 355. The Labute approximate surface area is 122 Å². The van der Waals surface area contributed by atoms with Crippen LogP contribution in [0.25, 0.3) is 0 Å². The minimum absolute atomic E-state index is 0.0214. The molecule has 116 valence electrons. The van der Waals surface area contributed by atoms with Crippen molar-refractivity contribution >= 4 is 11.9 Å². The Morgan fingerprint density at radius 3 is 2.25 bits per heavy atom. The number of likely N-dealkylation sites (tertiary alicyclic amines) is 1. The van der Waals surface area contributed by atoms with Gasteiger partial charge in [0.1, 0.15) is 0 Å². The quantitative estimate of drug-likeness (QED) is 0.795. The fourth-order valence-corrected chi connectivity index (χ4v) is 2.46. The molecule has 0 saturated carbocycles. The van der Waals surface area contributed by atoms with E-state index in [4.69, 9.17) is 0 Å². The smallest absolute Gasteiger partial charge is 0.320 e. The van der Waals surface area contributed by atoms with E-state index < -0.39 is 0 Å². The van der Waals surface area contributed by atoms with Gasteiger partial charge >= 0.3 is 6.03 Å². The van der Waals surface area contributed by atoms with Crippen LogP contribution in [-0.2, 0) is 4.79 Å². The van der Waals surface area contributed by atoms with E-state index in [0.717, 1.165) is 19.4 Å². The maximum Gasteiger partial charge on any atom is 0.320 e. The van der Waals surface area contributed by atoms with Crippen LogP contribution < -0.4 is 0 Å². The summed E-state index contributed by atoms with van der Waals surface area (Å²) in [4.78, 5) is 29.9. The van der Waals surface area contributed by atoms with Gasteiger partial charge in [-0.25, -0.2) is 4.79 Å². The van der Waals surface area contributed by atoms with Crippen LogP contribution in [-0.4, -0.2) is 65.9 Å². The van der Waals surface area contributed by atoms with Crippen molar-refractivity contribution in [1.29, 1.82) is 0 Å². The Hall–Kier alpha value is -1.26. The van der Waals surface area contributed by atoms with Crippen molar-refractivity contribution in [1.82, 2.24) is 14.7 Å². The number of hydrogen-bond donors (Lipinski definition) is 0. The van der Waals surface area contributed by atoms with Gasteiger partial charge < -0.3 is 14.7 Å². The predicted molar refractivity (Wildman–Crippen MR) is 80.5 cm³/mol. The van der Waals surface area contributed by atoms with Gasteiger partial charge in [-0.15, -0.1) is 0 Å². The molecule has 5 nitrogen and oxygen atoms in total. The molecule has 5 heteroatoms. The summed E-state index contributed by atoms with van der Waals surface area (Å²) < 4.78 is 0. The Morgan fingerprint density at radius 2 is 1.75 bits per heavy atom. The van der Waals surface area contributed by atoms with Gasteiger partial charge in [-0.1, -0.05) is 13.8 Å². The van der Waals surface area contributed by atoms with E-state index in [1.807, 2.05) is 46.7 Å². The number of rotatable bonds is 3. The normalized spacial score (nSPS) is 19.4. The summed E-state index contributed by atoms with van der Waals surface area (Å²) in [6.07, 6.45) is 1.93. The van der Waals surface area contributed by atoms with E-state index in [-0.39, 0.29) is 29.9 Å². The highest BCUT2D eigenvalue weighted by Gasteiger charge is 2.30. The Balaban J connectivity index is 2.67. The lowest BCUT2D eigenvalue weighted by Crippen LogP contribution is -2.54. The molecule has 0 N–H and O–H groups in total. The summed E-state index contributed by atoms with van der Waals surface area (Å²) in [6, 6.07) is 0.339. The average molecular weight is 283 g/mol. The summed E-state index contributed by atoms with van der Waals surface area (Å²) >= 11 is 0. The topological polar surface area (TPSA) is 43.9 Å². The molecule has 1 aliphatic heterocycles. The zero-order valence-electron chi connectivity index (χ0n) is 13.7. The maximum atomic E-state index is 12.3. The van der Waals surface area contributed by atoms with Gasteiger partial charge in [0.2, 0.25) is 5.91 Å². The fraction of sp³-hybridized carbons (Fsp3) is 0.867. The van der Waals surface area contributed by atoms with Crippen LogP contribution in [0, 0.1) is 5.92 Å². The molecule has 1 saturated heterocycles. The molecule has 20 heavy (non-hydrogen) atoms. The number of urea groups is 1. The number of amides is 3. The number of nitrogens with zero attached hydrogens (tertiary/aromatic N) is 3. The number of piperidine rings is 1. The lowest BCUT2D eigenvalue weighted by Gasteiger charge is -2.40. The summed E-state index contributed by atoms with van der Waals surface area (Å²) in [5.41, 5.74) is 0. The van der Waals surface area contributed by atoms with Crippen LogP contribution in [0.3, 0.4) is 0 Å². The Morgan fingerprint density at radius 1 is 1.15 bits per heavy atom. The summed E-state index contributed by atoms with van der Waals surface area (Å²) in [7, 11) is 3.67. The zero-order chi connectivity index (χ0) is 15.4. The minimum atomic E-state index is 0.0214. The predicted octanol–water partition coefficient (Wildman–Crippen LogP) is 2.03. The van der Waals surface area contributed by atoms with E-state index in [2.05, 4.69) is 0 Å². The molecule has 1 fully saturated rings. The highest BCUT2D eigenvalue weighted by Crippen LogP contribution is 2.18. The van der Waals surface area contributed by atoms with Gasteiger partial charge in [0.25, 0.3) is 0 Å². The highest BCUT2D eigenvalue weighted by molar-refractivity contribution is 5.78. The number of carbonyl (C=O) groups is 2. The standard InChI is InChI=1S/C15H29N3O2/c1-11(2)14(19)18-9-7-8-13(10-18)17(6)15(20)16(5)12(3)4/h11-13H,7-10H2,1-6H3. The van der Waals surface area contributed by atoms with Crippen LogP contribution >= 0.6 is 0 Å². The van der Waals surface area contributed by atoms with Crippen LogP contribution in [0.2, 0.25) is 0 Å². The first kappa shape index (κ1) is 16.8. The van der Waals surface area contributed by atoms with Gasteiger partial charge in [-0.2, -0.15) is 0 Å². The molecule has 1 rings (SSSR count). The second kappa shape index (κ2) is 6.95. The zero-order valence-corrected chi connectivity index (χ0v) is 13.7. The molecule has 1 unspecified atom stereocenters. The summed E-state index contributed by atoms with van der Waals surface area (Å²) in [6.45, 7) is 9.32. The number of carbonyl (C=O) groups excluding carboxylic acids is 2. The lowest BCUT2D eigenvalue weighted by molar-refractivity contribution is -0.136. The molecule has 0 aromatic heterocycles. The van der Waals surface area contributed by atoms with Crippen LogP contribution in [0.1, 0.15) is 40.5 Å². The maximum absolute atomic E-state index is 12.3. The monoisotopic (exact) mass is 283 g/mol. The van der Waals surface area contributed by atoms with Gasteiger partial charge in [0.15, 0.2) is 0 Å². The van der Waals surface area contributed by atoms with Crippen molar-refractivity contribution in [3.8, 4) is 0 Å². The first-order valence-corrected chi connectivity index (χ1v) is 7.54. The average Bonchev–Trinajstić information content (AvgIpc) is 2.43. The molecular formula is C15H29N3O2. The molecule has 0 aliphatic carbocycles. The lowest BCUT2D eigenvalue weighted by atomic mass is 10.0. The minimum Gasteiger partial charge on any atom is -0.340 e. The van der Waals surface area contributed by atoms with Gasteiger partial charge in [-0.3, -0.25) is 4.79 Å². The molecule has 0 spiro atoms. The second-order valence-electron chi connectivity index (χ2n) is 6.33. The molecule has 0 bridgehead atoms. The molecule has 0 aromatic carbocycles. The van der Waals surface area contributed by atoms with Crippen LogP contribution in [0.4, 0.5) is 4.79 Å². The van der Waals surface area contributed by atoms with Gasteiger partial charge in [0, 0.05) is 39.1 Å². The molecule has 0 radical (unpaired) electrons. The van der Waals surface area contributed by atoms with E-state index in [9.17, 15) is 9.59 Å². The highest BCUT2D eigenvalue weighted by atomic mass is 16.2. The molecule has 3 amide bonds. The first-order valence-electron chi connectivity index (χ1n) is 7.54. The van der Waals surface area contributed by atoms with Crippen molar-refractivity contribution < 1.29 is 9.59 Å². The first-order chi connectivity index (χ1) is 9.25. The van der Waals surface area contributed by atoms with Gasteiger partial charge in [0.05, 0.1) is 6.04 Å². The second-order valence-corrected chi connectivity index (χ2v) is 6.33. The Kier molecular flexibility index (Phi) is 5.84. The van der Waals surface area contributed by atoms with Crippen molar-refractivity contribution in [2.45, 2.75) is 52.6 Å². The number of likely N-dealkylation sites (N-methyl/N-ethyl adjacent to an activating group) is 1. The van der Waals surface area contributed by atoms with Crippen LogP contribution in [0.5, 0.6) is 0 Å². The molecular weight excluding hydrogens is 254 g/mol. The van der Waals surface area contributed by atoms with Crippen molar-refractivity contribution in [2.24, 2.45) is 5.92 Å². The van der Waals surface area contributed by atoms with Crippen LogP contribution in [0.15, 0.2) is 0 Å². The third-order valence-electron chi connectivity index (χ3n) is 4.13. The molecule has 1 heterocycles. The number of hydrogen-bond acceptors (Lipinski definition) is 2. The third kappa shape index (κ3) is 3.87. The van der Waals surface area contributed by atoms with E-state index >= 15 is 0 Å². The van der Waals surface area contributed by atoms with E-state index in [1.54, 1.807) is 9.80 Å². The van der Waals surface area contributed by atoms with E-state index in [1.165, 1.54) is 0 Å². The van der Waals surface area contributed by atoms with Gasteiger partial charge in [-0.05, 0) is 26.7 Å². The van der Waals surface area contributed by atoms with E-state index in [0.29, 0.717) is 6.54 Å². The van der Waals surface area contributed by atoms with Crippen molar-refractivity contribution in [2.75, 3.05) is 27.2 Å². The van der Waals surface area contributed by atoms with Crippen molar-refractivity contribution in [3.63, 3.8) is 0 Å². The largest absolute Gasteiger partial charge is 0.340 e.